The first-order valence-electron chi connectivity index (χ1n) is 4.37. The van der Waals surface area contributed by atoms with Crippen molar-refractivity contribution >= 4 is 0 Å². The maximum atomic E-state index is 5.54. The lowest BCUT2D eigenvalue weighted by Gasteiger charge is -2.05. The van der Waals surface area contributed by atoms with Gasteiger partial charge in [-0.25, -0.2) is 0 Å². The number of allylic oxidation sites excluding steroid dienone is 1. The van der Waals surface area contributed by atoms with Gasteiger partial charge in [-0.2, -0.15) is 0 Å². The Morgan fingerprint density at radius 2 is 1.64 bits per heavy atom. The van der Waals surface area contributed by atoms with Gasteiger partial charge in [-0.05, 0) is 32.6 Å². The predicted octanol–water partition coefficient (Wildman–Crippen LogP) is 2.96. The second-order valence-electron chi connectivity index (χ2n) is 3.36. The average Bonchev–Trinajstić information content (AvgIpc) is 1.85. The average molecular weight is 157 g/mol. The van der Waals surface area contributed by atoms with Gasteiger partial charge in [0, 0.05) is 6.04 Å². The molecular weight excluding hydrogens is 134 g/mol. The Bertz CT molecular complexity index is 66.9. The van der Waals surface area contributed by atoms with Gasteiger partial charge in [0.05, 0.1) is 0 Å². The minimum atomic E-state index is 0.386. The molecule has 0 aromatic rings. The van der Waals surface area contributed by atoms with Crippen LogP contribution in [0.1, 0.15) is 40.5 Å². The van der Waals surface area contributed by atoms with Crippen LogP contribution in [-0.2, 0) is 0 Å². The van der Waals surface area contributed by atoms with Crippen LogP contribution in [0.2, 0.25) is 0 Å². The molecule has 68 valence electrons. The highest BCUT2D eigenvalue weighted by Crippen LogP contribution is 2.04. The van der Waals surface area contributed by atoms with Crippen LogP contribution in [0.25, 0.3) is 0 Å². The predicted molar refractivity (Wildman–Crippen MR) is 53.6 cm³/mol. The van der Waals surface area contributed by atoms with E-state index in [2.05, 4.69) is 27.4 Å². The van der Waals surface area contributed by atoms with Gasteiger partial charge in [-0.1, -0.05) is 19.9 Å². The molecule has 0 saturated carbocycles. The second kappa shape index (κ2) is 9.70. The molecule has 1 heteroatoms. The Labute approximate surface area is 71.7 Å². The van der Waals surface area contributed by atoms with Crippen LogP contribution in [0, 0.1) is 5.92 Å². The Morgan fingerprint density at radius 1 is 1.27 bits per heavy atom. The molecule has 0 radical (unpaired) electrons. The van der Waals surface area contributed by atoms with E-state index in [0.717, 1.165) is 12.3 Å². The molecule has 0 bridgehead atoms. The highest BCUT2D eigenvalue weighted by molar-refractivity contribution is 4.54. The zero-order valence-corrected chi connectivity index (χ0v) is 8.43. The van der Waals surface area contributed by atoms with Gasteiger partial charge in [0.15, 0.2) is 0 Å². The van der Waals surface area contributed by atoms with E-state index in [4.69, 9.17) is 5.73 Å². The van der Waals surface area contributed by atoms with Crippen molar-refractivity contribution in [3.05, 3.63) is 12.7 Å². The van der Waals surface area contributed by atoms with E-state index in [1.807, 2.05) is 6.92 Å². The molecule has 0 fully saturated rings. The third kappa shape index (κ3) is 26.0. The van der Waals surface area contributed by atoms with Crippen molar-refractivity contribution in [2.24, 2.45) is 11.7 Å². The molecule has 0 aliphatic rings. The van der Waals surface area contributed by atoms with E-state index in [-0.39, 0.29) is 0 Å². The van der Waals surface area contributed by atoms with Crippen LogP contribution in [-0.4, -0.2) is 6.04 Å². The molecule has 0 heterocycles. The molecule has 0 aliphatic carbocycles. The molecule has 0 amide bonds. The summed E-state index contributed by atoms with van der Waals surface area (Å²) < 4.78 is 0. The first-order valence-corrected chi connectivity index (χ1v) is 4.37. The van der Waals surface area contributed by atoms with E-state index >= 15 is 0 Å². The second-order valence-corrected chi connectivity index (χ2v) is 3.36. The fourth-order valence-electron chi connectivity index (χ4n) is 0.596. The summed E-state index contributed by atoms with van der Waals surface area (Å²) in [6.45, 7) is 11.8. The monoisotopic (exact) mass is 157 g/mol. The lowest BCUT2D eigenvalue weighted by molar-refractivity contribution is 0.514. The van der Waals surface area contributed by atoms with Crippen LogP contribution in [0.4, 0.5) is 0 Å². The third-order valence-electron chi connectivity index (χ3n) is 1.20. The quantitative estimate of drug-likeness (QED) is 0.626. The van der Waals surface area contributed by atoms with Gasteiger partial charge in [-0.15, -0.1) is 6.58 Å². The van der Waals surface area contributed by atoms with Gasteiger partial charge < -0.3 is 5.73 Å². The first-order chi connectivity index (χ1) is 5.04. The van der Waals surface area contributed by atoms with Gasteiger partial charge in [-0.3, -0.25) is 0 Å². The minimum absolute atomic E-state index is 0.386. The molecule has 11 heavy (non-hydrogen) atoms. The third-order valence-corrected chi connectivity index (χ3v) is 1.20. The molecular formula is C10H23N. The van der Waals surface area contributed by atoms with E-state index in [0.29, 0.717) is 6.04 Å². The van der Waals surface area contributed by atoms with Gasteiger partial charge >= 0.3 is 0 Å². The molecule has 0 spiro atoms. The van der Waals surface area contributed by atoms with Crippen LogP contribution >= 0.6 is 0 Å². The highest BCUT2D eigenvalue weighted by atomic mass is 14.6. The standard InChI is InChI=1S/C7H17N.C3H6/c1-6(2)4-5-7(3)8;1-3-2/h6-7H,4-5,8H2,1-3H3;3H,1H2,2H3. The van der Waals surface area contributed by atoms with Crippen LogP contribution in [0.15, 0.2) is 12.7 Å². The summed E-state index contributed by atoms with van der Waals surface area (Å²) in [6, 6.07) is 0.386. The minimum Gasteiger partial charge on any atom is -0.328 e. The Balaban J connectivity index is 0. The highest BCUT2D eigenvalue weighted by Gasteiger charge is 1.95. The van der Waals surface area contributed by atoms with Gasteiger partial charge in [0.25, 0.3) is 0 Å². The van der Waals surface area contributed by atoms with Crippen molar-refractivity contribution in [2.45, 2.75) is 46.6 Å². The van der Waals surface area contributed by atoms with Crippen molar-refractivity contribution in [3.63, 3.8) is 0 Å². The SMILES string of the molecule is C=CC.CC(C)CCC(C)N. The van der Waals surface area contributed by atoms with Crippen molar-refractivity contribution in [1.29, 1.82) is 0 Å². The zero-order valence-electron chi connectivity index (χ0n) is 8.43. The summed E-state index contributed by atoms with van der Waals surface area (Å²) in [5, 5.41) is 0. The van der Waals surface area contributed by atoms with Gasteiger partial charge in [0.1, 0.15) is 0 Å². The number of hydrogen-bond acceptors (Lipinski definition) is 1. The summed E-state index contributed by atoms with van der Waals surface area (Å²) in [7, 11) is 0. The van der Waals surface area contributed by atoms with Crippen LogP contribution in [0.5, 0.6) is 0 Å². The molecule has 2 N–H and O–H groups in total. The lowest BCUT2D eigenvalue weighted by Crippen LogP contribution is -2.14. The largest absolute Gasteiger partial charge is 0.328 e. The maximum absolute atomic E-state index is 5.54. The van der Waals surface area contributed by atoms with Gasteiger partial charge in [0.2, 0.25) is 0 Å². The molecule has 0 aromatic carbocycles. The summed E-state index contributed by atoms with van der Waals surface area (Å²) in [6.07, 6.45) is 4.18. The smallest absolute Gasteiger partial charge is 0.00105 e. The lowest BCUT2D eigenvalue weighted by atomic mass is 10.1. The summed E-state index contributed by atoms with van der Waals surface area (Å²) >= 11 is 0. The van der Waals surface area contributed by atoms with Crippen molar-refractivity contribution in [1.82, 2.24) is 0 Å². The van der Waals surface area contributed by atoms with Crippen molar-refractivity contribution in [3.8, 4) is 0 Å². The Kier molecular flexibility index (Phi) is 11.7. The number of hydrogen-bond donors (Lipinski definition) is 1. The van der Waals surface area contributed by atoms with E-state index in [9.17, 15) is 0 Å². The fraction of sp³-hybridized carbons (Fsp3) is 0.800. The summed E-state index contributed by atoms with van der Waals surface area (Å²) in [5.41, 5.74) is 5.54. The zero-order chi connectivity index (χ0) is 9.28. The molecule has 0 rings (SSSR count). The normalized spacial score (nSPS) is 11.8. The number of rotatable bonds is 3. The molecule has 0 aliphatic heterocycles. The summed E-state index contributed by atoms with van der Waals surface area (Å²) in [5.74, 6) is 0.806. The summed E-state index contributed by atoms with van der Waals surface area (Å²) in [4.78, 5) is 0. The van der Waals surface area contributed by atoms with E-state index in [1.165, 1.54) is 6.42 Å². The molecule has 0 aromatic heterocycles. The molecule has 1 atom stereocenters. The molecule has 1 unspecified atom stereocenters. The number of nitrogens with two attached hydrogens (primary N) is 1. The van der Waals surface area contributed by atoms with Crippen molar-refractivity contribution < 1.29 is 0 Å². The van der Waals surface area contributed by atoms with E-state index < -0.39 is 0 Å². The molecule has 1 nitrogen and oxygen atoms in total. The molecule has 0 saturated heterocycles. The topological polar surface area (TPSA) is 26.0 Å². The Morgan fingerprint density at radius 3 is 1.73 bits per heavy atom. The van der Waals surface area contributed by atoms with Crippen LogP contribution < -0.4 is 5.73 Å². The fourth-order valence-corrected chi connectivity index (χ4v) is 0.596. The Hall–Kier alpha value is -0.300. The first kappa shape index (κ1) is 13.3. The van der Waals surface area contributed by atoms with Crippen LogP contribution in [0.3, 0.4) is 0 Å². The van der Waals surface area contributed by atoms with E-state index in [1.54, 1.807) is 6.08 Å². The maximum Gasteiger partial charge on any atom is 0.00105 e. The van der Waals surface area contributed by atoms with Crippen molar-refractivity contribution in [2.75, 3.05) is 0 Å².